The molecule has 0 aromatic carbocycles. The van der Waals surface area contributed by atoms with Gasteiger partial charge in [0.2, 0.25) is 0 Å². The summed E-state index contributed by atoms with van der Waals surface area (Å²) in [7, 11) is 1.76. The standard InChI is InChI=1S/C10H15N3OS/c1-13(6-7-15-2)10(14)9-8(11)4-3-5-12-9/h3-5H,6-7,11H2,1-2H3. The Morgan fingerprint density at radius 2 is 2.40 bits per heavy atom. The number of carbonyl (C=O) groups excluding carboxylic acids is 1. The molecule has 15 heavy (non-hydrogen) atoms. The lowest BCUT2D eigenvalue weighted by molar-refractivity contribution is 0.0799. The van der Waals surface area contributed by atoms with E-state index in [0.29, 0.717) is 17.9 Å². The van der Waals surface area contributed by atoms with Gasteiger partial charge in [-0.3, -0.25) is 4.79 Å². The molecule has 0 aliphatic carbocycles. The lowest BCUT2D eigenvalue weighted by atomic mass is 10.3. The fourth-order valence-electron chi connectivity index (χ4n) is 1.11. The van der Waals surface area contributed by atoms with Gasteiger partial charge < -0.3 is 10.6 Å². The number of anilines is 1. The first-order valence-corrected chi connectivity index (χ1v) is 6.01. The summed E-state index contributed by atoms with van der Waals surface area (Å²) < 4.78 is 0. The maximum atomic E-state index is 11.8. The summed E-state index contributed by atoms with van der Waals surface area (Å²) in [5, 5.41) is 0. The molecule has 0 aliphatic rings. The molecule has 0 atom stereocenters. The molecule has 1 heterocycles. The lowest BCUT2D eigenvalue weighted by Gasteiger charge is -2.16. The number of rotatable bonds is 4. The van der Waals surface area contributed by atoms with Crippen LogP contribution in [0.4, 0.5) is 5.69 Å². The molecule has 82 valence electrons. The van der Waals surface area contributed by atoms with Gasteiger partial charge in [-0.25, -0.2) is 4.98 Å². The molecule has 1 amide bonds. The van der Waals surface area contributed by atoms with E-state index in [4.69, 9.17) is 5.73 Å². The van der Waals surface area contributed by atoms with Crippen molar-refractivity contribution in [2.24, 2.45) is 0 Å². The molecule has 0 saturated carbocycles. The fraction of sp³-hybridized carbons (Fsp3) is 0.400. The SMILES string of the molecule is CSCCN(C)C(=O)c1ncccc1N. The van der Waals surface area contributed by atoms with E-state index in [2.05, 4.69) is 4.98 Å². The van der Waals surface area contributed by atoms with Crippen molar-refractivity contribution in [3.05, 3.63) is 24.0 Å². The molecule has 0 radical (unpaired) electrons. The van der Waals surface area contributed by atoms with Crippen molar-refractivity contribution in [2.75, 3.05) is 31.3 Å². The number of nitrogens with two attached hydrogens (primary N) is 1. The molecular formula is C10H15N3OS. The summed E-state index contributed by atoms with van der Waals surface area (Å²) in [5.41, 5.74) is 6.44. The second-order valence-electron chi connectivity index (χ2n) is 3.16. The smallest absolute Gasteiger partial charge is 0.274 e. The minimum absolute atomic E-state index is 0.123. The minimum Gasteiger partial charge on any atom is -0.397 e. The van der Waals surface area contributed by atoms with Crippen LogP contribution in [0, 0.1) is 0 Å². The second-order valence-corrected chi connectivity index (χ2v) is 4.15. The van der Waals surface area contributed by atoms with Gasteiger partial charge in [0.15, 0.2) is 5.69 Å². The predicted octanol–water partition coefficient (Wildman–Crippen LogP) is 1.10. The van der Waals surface area contributed by atoms with E-state index in [1.54, 1.807) is 42.0 Å². The molecule has 0 saturated heterocycles. The third kappa shape index (κ3) is 3.13. The van der Waals surface area contributed by atoms with Crippen molar-refractivity contribution in [3.63, 3.8) is 0 Å². The van der Waals surface area contributed by atoms with Crippen LogP contribution < -0.4 is 5.73 Å². The molecule has 0 bridgehead atoms. The molecule has 0 fully saturated rings. The number of hydrogen-bond acceptors (Lipinski definition) is 4. The largest absolute Gasteiger partial charge is 0.397 e. The van der Waals surface area contributed by atoms with E-state index in [9.17, 15) is 4.79 Å². The predicted molar refractivity (Wildman–Crippen MR) is 64.0 cm³/mol. The van der Waals surface area contributed by atoms with E-state index in [-0.39, 0.29) is 5.91 Å². The number of nitrogen functional groups attached to an aromatic ring is 1. The molecule has 1 aromatic rings. The van der Waals surface area contributed by atoms with E-state index in [1.165, 1.54) is 0 Å². The van der Waals surface area contributed by atoms with Crippen LogP contribution in [0.25, 0.3) is 0 Å². The Kier molecular flexibility index (Phi) is 4.42. The fourth-order valence-corrected chi connectivity index (χ4v) is 1.56. The van der Waals surface area contributed by atoms with Crippen LogP contribution in [0.15, 0.2) is 18.3 Å². The van der Waals surface area contributed by atoms with Crippen molar-refractivity contribution in [1.29, 1.82) is 0 Å². The Morgan fingerprint density at radius 1 is 1.67 bits per heavy atom. The maximum Gasteiger partial charge on any atom is 0.274 e. The van der Waals surface area contributed by atoms with Gasteiger partial charge in [0.25, 0.3) is 5.91 Å². The van der Waals surface area contributed by atoms with Crippen LogP contribution in [-0.2, 0) is 0 Å². The van der Waals surface area contributed by atoms with Crippen LogP contribution in [0.3, 0.4) is 0 Å². The third-order valence-corrected chi connectivity index (χ3v) is 2.61. The molecule has 5 heteroatoms. The van der Waals surface area contributed by atoms with Crippen LogP contribution in [0.5, 0.6) is 0 Å². The topological polar surface area (TPSA) is 59.2 Å². The maximum absolute atomic E-state index is 11.8. The van der Waals surface area contributed by atoms with E-state index >= 15 is 0 Å². The van der Waals surface area contributed by atoms with Gasteiger partial charge in [0.1, 0.15) is 0 Å². The zero-order valence-electron chi connectivity index (χ0n) is 8.93. The number of amides is 1. The van der Waals surface area contributed by atoms with Crippen LogP contribution >= 0.6 is 11.8 Å². The van der Waals surface area contributed by atoms with Gasteiger partial charge >= 0.3 is 0 Å². The van der Waals surface area contributed by atoms with Crippen molar-refractivity contribution in [2.45, 2.75) is 0 Å². The van der Waals surface area contributed by atoms with E-state index < -0.39 is 0 Å². The van der Waals surface area contributed by atoms with E-state index in [0.717, 1.165) is 5.75 Å². The quantitative estimate of drug-likeness (QED) is 0.833. The number of carbonyl (C=O) groups is 1. The number of pyridine rings is 1. The monoisotopic (exact) mass is 225 g/mol. The summed E-state index contributed by atoms with van der Waals surface area (Å²) in [5.74, 6) is 0.789. The Bertz CT molecular complexity index is 343. The number of aromatic nitrogens is 1. The first-order chi connectivity index (χ1) is 7.16. The zero-order chi connectivity index (χ0) is 11.3. The summed E-state index contributed by atoms with van der Waals surface area (Å²) in [6, 6.07) is 3.40. The average molecular weight is 225 g/mol. The highest BCUT2D eigenvalue weighted by Crippen LogP contribution is 2.09. The van der Waals surface area contributed by atoms with Crippen molar-refractivity contribution < 1.29 is 4.79 Å². The Labute approximate surface area is 93.9 Å². The van der Waals surface area contributed by atoms with Crippen molar-refractivity contribution in [3.8, 4) is 0 Å². The van der Waals surface area contributed by atoms with Gasteiger partial charge in [-0.2, -0.15) is 11.8 Å². The first-order valence-electron chi connectivity index (χ1n) is 4.61. The number of nitrogens with zero attached hydrogens (tertiary/aromatic N) is 2. The molecular weight excluding hydrogens is 210 g/mol. The van der Waals surface area contributed by atoms with Gasteiger partial charge in [-0.1, -0.05) is 0 Å². The molecule has 0 unspecified atom stereocenters. The Hall–Kier alpha value is -1.23. The molecule has 0 aliphatic heterocycles. The number of thioether (sulfide) groups is 1. The van der Waals surface area contributed by atoms with Crippen molar-refractivity contribution in [1.82, 2.24) is 9.88 Å². The highest BCUT2D eigenvalue weighted by atomic mass is 32.2. The summed E-state index contributed by atoms with van der Waals surface area (Å²) in [4.78, 5) is 17.5. The molecule has 2 N–H and O–H groups in total. The first kappa shape index (κ1) is 11.8. The highest BCUT2D eigenvalue weighted by Gasteiger charge is 2.14. The van der Waals surface area contributed by atoms with Gasteiger partial charge in [0.05, 0.1) is 5.69 Å². The lowest BCUT2D eigenvalue weighted by Crippen LogP contribution is -2.30. The van der Waals surface area contributed by atoms with Crippen molar-refractivity contribution >= 4 is 23.4 Å². The summed E-state index contributed by atoms with van der Waals surface area (Å²) >= 11 is 1.70. The highest BCUT2D eigenvalue weighted by molar-refractivity contribution is 7.98. The van der Waals surface area contributed by atoms with Crippen LogP contribution in [0.1, 0.15) is 10.5 Å². The van der Waals surface area contributed by atoms with Gasteiger partial charge in [-0.15, -0.1) is 0 Å². The average Bonchev–Trinajstić information content (AvgIpc) is 2.25. The third-order valence-electron chi connectivity index (χ3n) is 2.02. The molecule has 1 rings (SSSR count). The van der Waals surface area contributed by atoms with Gasteiger partial charge in [0, 0.05) is 25.5 Å². The molecule has 1 aromatic heterocycles. The Balaban J connectivity index is 2.72. The minimum atomic E-state index is -0.123. The Morgan fingerprint density at radius 3 is 3.00 bits per heavy atom. The molecule has 4 nitrogen and oxygen atoms in total. The molecule has 0 spiro atoms. The van der Waals surface area contributed by atoms with Gasteiger partial charge in [-0.05, 0) is 18.4 Å². The normalized spacial score (nSPS) is 10.0. The summed E-state index contributed by atoms with van der Waals surface area (Å²) in [6.45, 7) is 0.704. The van der Waals surface area contributed by atoms with Crippen LogP contribution in [0.2, 0.25) is 0 Å². The summed E-state index contributed by atoms with van der Waals surface area (Å²) in [6.07, 6.45) is 3.58. The second kappa shape index (κ2) is 5.60. The zero-order valence-corrected chi connectivity index (χ0v) is 9.75. The number of hydrogen-bond donors (Lipinski definition) is 1. The van der Waals surface area contributed by atoms with E-state index in [1.807, 2.05) is 6.26 Å². The van der Waals surface area contributed by atoms with Crippen LogP contribution in [-0.4, -0.2) is 41.4 Å².